The lowest BCUT2D eigenvalue weighted by atomic mass is 10.0. The quantitative estimate of drug-likeness (QED) is 0.364. The normalized spacial score (nSPS) is 11.2. The standard InChI is InChI=1S/C28H26N2O3S/c1-20-11-14-26(17-21(20)2)30-28(31)25-10-6-9-24(18-25)23-12-15-27(16-13-23)34(32,33)29-19-22-7-4-3-5-8-22/h3-18,29H,19H2,1-2H3,(H,30,31). The van der Waals surface area contributed by atoms with E-state index in [1.165, 1.54) is 5.56 Å². The average Bonchev–Trinajstić information content (AvgIpc) is 2.86. The minimum absolute atomic E-state index is 0.191. The zero-order valence-corrected chi connectivity index (χ0v) is 19.9. The van der Waals surface area contributed by atoms with E-state index in [1.54, 1.807) is 36.4 Å². The molecule has 0 atom stereocenters. The molecule has 1 amide bonds. The highest BCUT2D eigenvalue weighted by atomic mass is 32.2. The Morgan fingerprint density at radius 3 is 2.18 bits per heavy atom. The van der Waals surface area contributed by atoms with Crippen LogP contribution in [0.2, 0.25) is 0 Å². The van der Waals surface area contributed by atoms with Crippen LogP contribution in [0.15, 0.2) is 102 Å². The predicted molar refractivity (Wildman–Crippen MR) is 136 cm³/mol. The number of nitrogens with one attached hydrogen (secondary N) is 2. The molecule has 0 saturated heterocycles. The van der Waals surface area contributed by atoms with Crippen LogP contribution < -0.4 is 10.0 Å². The van der Waals surface area contributed by atoms with Crippen molar-refractivity contribution in [2.24, 2.45) is 0 Å². The van der Waals surface area contributed by atoms with Crippen molar-refractivity contribution in [1.29, 1.82) is 0 Å². The van der Waals surface area contributed by atoms with Crippen molar-refractivity contribution in [2.45, 2.75) is 25.3 Å². The molecule has 0 spiro atoms. The number of benzene rings is 4. The number of aryl methyl sites for hydroxylation is 2. The third kappa shape index (κ3) is 5.60. The first-order valence-corrected chi connectivity index (χ1v) is 12.4. The number of hydrogen-bond acceptors (Lipinski definition) is 3. The van der Waals surface area contributed by atoms with E-state index in [0.29, 0.717) is 5.56 Å². The van der Waals surface area contributed by atoms with Crippen molar-refractivity contribution in [2.75, 3.05) is 5.32 Å². The van der Waals surface area contributed by atoms with Gasteiger partial charge >= 0.3 is 0 Å². The van der Waals surface area contributed by atoms with E-state index in [4.69, 9.17) is 0 Å². The Morgan fingerprint density at radius 2 is 1.47 bits per heavy atom. The minimum Gasteiger partial charge on any atom is -0.322 e. The molecule has 0 fully saturated rings. The van der Waals surface area contributed by atoms with Crippen LogP contribution >= 0.6 is 0 Å². The molecule has 0 aliphatic rings. The summed E-state index contributed by atoms with van der Waals surface area (Å²) in [6, 6.07) is 29.1. The molecule has 0 radical (unpaired) electrons. The summed E-state index contributed by atoms with van der Waals surface area (Å²) in [5, 5.41) is 2.93. The maximum absolute atomic E-state index is 12.8. The van der Waals surface area contributed by atoms with Gasteiger partial charge in [-0.3, -0.25) is 4.79 Å². The highest BCUT2D eigenvalue weighted by molar-refractivity contribution is 7.89. The van der Waals surface area contributed by atoms with Gasteiger partial charge in [0.1, 0.15) is 0 Å². The van der Waals surface area contributed by atoms with Gasteiger partial charge in [0, 0.05) is 17.8 Å². The fourth-order valence-corrected chi connectivity index (χ4v) is 4.56. The Morgan fingerprint density at radius 1 is 0.735 bits per heavy atom. The fourth-order valence-electron chi connectivity index (χ4n) is 3.55. The molecule has 34 heavy (non-hydrogen) atoms. The van der Waals surface area contributed by atoms with Crippen LogP contribution in [0.4, 0.5) is 5.69 Å². The topological polar surface area (TPSA) is 75.3 Å². The van der Waals surface area contributed by atoms with Crippen LogP contribution in [0.25, 0.3) is 11.1 Å². The van der Waals surface area contributed by atoms with E-state index in [0.717, 1.165) is 27.9 Å². The van der Waals surface area contributed by atoms with Crippen LogP contribution in [-0.4, -0.2) is 14.3 Å². The summed E-state index contributed by atoms with van der Waals surface area (Å²) in [6.07, 6.45) is 0. The van der Waals surface area contributed by atoms with Gasteiger partial charge in [0.15, 0.2) is 0 Å². The van der Waals surface area contributed by atoms with Crippen LogP contribution in [0.3, 0.4) is 0 Å². The predicted octanol–water partition coefficient (Wildman–Crippen LogP) is 5.70. The summed E-state index contributed by atoms with van der Waals surface area (Å²) in [5.41, 5.74) is 6.09. The lowest BCUT2D eigenvalue weighted by Crippen LogP contribution is -2.23. The van der Waals surface area contributed by atoms with E-state index in [-0.39, 0.29) is 17.3 Å². The third-order valence-corrected chi connectivity index (χ3v) is 7.11. The van der Waals surface area contributed by atoms with Crippen LogP contribution in [0, 0.1) is 13.8 Å². The van der Waals surface area contributed by atoms with Gasteiger partial charge in [-0.25, -0.2) is 13.1 Å². The number of sulfonamides is 1. The maximum atomic E-state index is 12.8. The summed E-state index contributed by atoms with van der Waals surface area (Å²) >= 11 is 0. The summed E-state index contributed by atoms with van der Waals surface area (Å²) in [5.74, 6) is -0.200. The molecular formula is C28H26N2O3S. The smallest absolute Gasteiger partial charge is 0.255 e. The van der Waals surface area contributed by atoms with Crippen molar-refractivity contribution in [3.63, 3.8) is 0 Å². The molecular weight excluding hydrogens is 444 g/mol. The molecule has 0 aliphatic carbocycles. The van der Waals surface area contributed by atoms with Crippen LogP contribution in [0.1, 0.15) is 27.0 Å². The van der Waals surface area contributed by atoms with E-state index >= 15 is 0 Å². The van der Waals surface area contributed by atoms with Gasteiger partial charge in [-0.15, -0.1) is 0 Å². The van der Waals surface area contributed by atoms with E-state index in [1.807, 2.05) is 74.5 Å². The maximum Gasteiger partial charge on any atom is 0.255 e. The molecule has 0 heterocycles. The summed E-state index contributed by atoms with van der Waals surface area (Å²) in [6.45, 7) is 4.26. The van der Waals surface area contributed by atoms with Crippen LogP contribution in [0.5, 0.6) is 0 Å². The Hall–Kier alpha value is -3.74. The SMILES string of the molecule is Cc1ccc(NC(=O)c2cccc(-c3ccc(S(=O)(=O)NCc4ccccc4)cc3)c2)cc1C. The number of carbonyl (C=O) groups is 1. The zero-order valence-electron chi connectivity index (χ0n) is 19.1. The summed E-state index contributed by atoms with van der Waals surface area (Å²) in [7, 11) is -3.63. The second kappa shape index (κ2) is 10.0. The molecule has 0 saturated carbocycles. The van der Waals surface area contributed by atoms with Crippen molar-refractivity contribution < 1.29 is 13.2 Å². The average molecular weight is 471 g/mol. The van der Waals surface area contributed by atoms with Crippen molar-refractivity contribution in [1.82, 2.24) is 4.72 Å². The molecule has 0 aliphatic heterocycles. The Balaban J connectivity index is 1.48. The molecule has 4 aromatic carbocycles. The Labute approximate surface area is 200 Å². The van der Waals surface area contributed by atoms with Gasteiger partial charge in [0.25, 0.3) is 5.91 Å². The first-order valence-electron chi connectivity index (χ1n) is 10.9. The number of amides is 1. The molecule has 5 nitrogen and oxygen atoms in total. The number of anilines is 1. The molecule has 0 bridgehead atoms. The van der Waals surface area contributed by atoms with Gasteiger partial charge in [-0.05, 0) is 78.1 Å². The van der Waals surface area contributed by atoms with Crippen molar-refractivity contribution in [3.8, 4) is 11.1 Å². The van der Waals surface area contributed by atoms with Gasteiger partial charge in [0.05, 0.1) is 4.90 Å². The van der Waals surface area contributed by atoms with E-state index in [2.05, 4.69) is 10.0 Å². The minimum atomic E-state index is -3.63. The monoisotopic (exact) mass is 470 g/mol. The van der Waals surface area contributed by atoms with Crippen molar-refractivity contribution >= 4 is 21.6 Å². The highest BCUT2D eigenvalue weighted by Gasteiger charge is 2.14. The highest BCUT2D eigenvalue weighted by Crippen LogP contribution is 2.23. The molecule has 0 unspecified atom stereocenters. The first-order chi connectivity index (χ1) is 16.3. The second-order valence-electron chi connectivity index (χ2n) is 8.17. The molecule has 4 aromatic rings. The van der Waals surface area contributed by atoms with Gasteiger partial charge in [-0.1, -0.05) is 60.7 Å². The summed E-state index contributed by atoms with van der Waals surface area (Å²) < 4.78 is 27.9. The van der Waals surface area contributed by atoms with Gasteiger partial charge < -0.3 is 5.32 Å². The van der Waals surface area contributed by atoms with Gasteiger partial charge in [-0.2, -0.15) is 0 Å². The largest absolute Gasteiger partial charge is 0.322 e. The van der Waals surface area contributed by atoms with Crippen molar-refractivity contribution in [3.05, 3.63) is 119 Å². The number of carbonyl (C=O) groups excluding carboxylic acids is 1. The number of hydrogen-bond donors (Lipinski definition) is 2. The fraction of sp³-hybridized carbons (Fsp3) is 0.107. The molecule has 0 aromatic heterocycles. The van der Waals surface area contributed by atoms with Crippen LogP contribution in [-0.2, 0) is 16.6 Å². The lowest BCUT2D eigenvalue weighted by molar-refractivity contribution is 0.102. The van der Waals surface area contributed by atoms with E-state index < -0.39 is 10.0 Å². The molecule has 6 heteroatoms. The Bertz CT molecular complexity index is 1410. The molecule has 4 rings (SSSR count). The Kier molecular flexibility index (Phi) is 6.91. The summed E-state index contributed by atoms with van der Waals surface area (Å²) in [4.78, 5) is 13.0. The number of rotatable bonds is 7. The lowest BCUT2D eigenvalue weighted by Gasteiger charge is -2.10. The van der Waals surface area contributed by atoms with E-state index in [9.17, 15) is 13.2 Å². The second-order valence-corrected chi connectivity index (χ2v) is 9.94. The molecule has 172 valence electrons. The first kappa shape index (κ1) is 23.4. The molecule has 2 N–H and O–H groups in total. The third-order valence-electron chi connectivity index (χ3n) is 5.70. The van der Waals surface area contributed by atoms with Gasteiger partial charge in [0.2, 0.25) is 10.0 Å². The zero-order chi connectivity index (χ0) is 24.1.